The highest BCUT2D eigenvalue weighted by Gasteiger charge is 2.32. The average molecular weight is 209 g/mol. The molecule has 1 saturated carbocycles. The third-order valence-electron chi connectivity index (χ3n) is 3.46. The van der Waals surface area contributed by atoms with Crippen molar-refractivity contribution in [2.75, 3.05) is 13.2 Å². The van der Waals surface area contributed by atoms with Gasteiger partial charge in [0.15, 0.2) is 0 Å². The van der Waals surface area contributed by atoms with Gasteiger partial charge >= 0.3 is 0 Å². The van der Waals surface area contributed by atoms with Crippen molar-refractivity contribution in [3.8, 4) is 11.8 Å². The molecule has 0 radical (unpaired) electrons. The molecule has 1 aliphatic rings. The van der Waals surface area contributed by atoms with E-state index in [2.05, 4.69) is 24.1 Å². The molecule has 2 heteroatoms. The predicted molar refractivity (Wildman–Crippen MR) is 63.5 cm³/mol. The largest absolute Gasteiger partial charge is 0.394 e. The minimum Gasteiger partial charge on any atom is -0.394 e. The van der Waals surface area contributed by atoms with Crippen molar-refractivity contribution in [1.29, 1.82) is 0 Å². The zero-order chi connectivity index (χ0) is 11.1. The Kier molecular flexibility index (Phi) is 5.14. The first-order chi connectivity index (χ1) is 7.22. The smallest absolute Gasteiger partial charge is 0.0613 e. The van der Waals surface area contributed by atoms with Crippen molar-refractivity contribution >= 4 is 0 Å². The molecule has 0 atom stereocenters. The summed E-state index contributed by atoms with van der Waals surface area (Å²) in [6, 6.07) is 0. The van der Waals surface area contributed by atoms with Crippen LogP contribution in [0.25, 0.3) is 0 Å². The highest BCUT2D eigenvalue weighted by molar-refractivity contribution is 4.97. The van der Waals surface area contributed by atoms with Gasteiger partial charge < -0.3 is 10.4 Å². The summed E-state index contributed by atoms with van der Waals surface area (Å²) in [5.41, 5.74) is -0.0120. The molecular weight excluding hydrogens is 186 g/mol. The van der Waals surface area contributed by atoms with Crippen molar-refractivity contribution in [1.82, 2.24) is 5.32 Å². The summed E-state index contributed by atoms with van der Waals surface area (Å²) in [5.74, 6) is 6.76. The Labute approximate surface area is 93.5 Å². The van der Waals surface area contributed by atoms with Crippen LogP contribution in [0.3, 0.4) is 0 Å². The minimum absolute atomic E-state index is 0.0120. The maximum atomic E-state index is 9.49. The third kappa shape index (κ3) is 3.85. The number of aliphatic hydroxyl groups is 1. The molecule has 0 unspecified atom stereocenters. The van der Waals surface area contributed by atoms with Crippen LogP contribution < -0.4 is 5.32 Å². The van der Waals surface area contributed by atoms with E-state index in [0.29, 0.717) is 0 Å². The van der Waals surface area contributed by atoms with Crippen LogP contribution in [0.4, 0.5) is 0 Å². The molecule has 86 valence electrons. The molecule has 15 heavy (non-hydrogen) atoms. The molecule has 0 spiro atoms. The van der Waals surface area contributed by atoms with Gasteiger partial charge in [0.25, 0.3) is 0 Å². The lowest BCUT2D eigenvalue weighted by atomic mass is 9.77. The molecule has 0 aliphatic heterocycles. The van der Waals surface area contributed by atoms with Gasteiger partial charge in [-0.25, -0.2) is 0 Å². The molecule has 1 rings (SSSR count). The second-order valence-electron chi connectivity index (χ2n) is 4.72. The number of hydrogen-bond acceptors (Lipinski definition) is 2. The zero-order valence-electron chi connectivity index (χ0n) is 9.97. The van der Waals surface area contributed by atoms with Gasteiger partial charge in [-0.3, -0.25) is 0 Å². The molecule has 0 bridgehead atoms. The predicted octanol–water partition coefficient (Wildman–Crippen LogP) is 1.93. The molecular formula is C13H23NO. The van der Waals surface area contributed by atoms with E-state index in [1.807, 2.05) is 6.92 Å². The monoisotopic (exact) mass is 209 g/mol. The Morgan fingerprint density at radius 3 is 2.60 bits per heavy atom. The van der Waals surface area contributed by atoms with E-state index in [0.717, 1.165) is 31.7 Å². The number of rotatable bonds is 4. The third-order valence-corrected chi connectivity index (χ3v) is 3.46. The number of hydrogen-bond donors (Lipinski definition) is 2. The molecule has 0 aromatic heterocycles. The first-order valence-electron chi connectivity index (χ1n) is 5.98. The Hall–Kier alpha value is -0.520. The van der Waals surface area contributed by atoms with E-state index in [4.69, 9.17) is 0 Å². The zero-order valence-corrected chi connectivity index (χ0v) is 9.97. The first kappa shape index (κ1) is 12.5. The Morgan fingerprint density at radius 2 is 2.07 bits per heavy atom. The summed E-state index contributed by atoms with van der Waals surface area (Å²) in [6.45, 7) is 5.32. The summed E-state index contributed by atoms with van der Waals surface area (Å²) in [6.07, 6.45) is 5.54. The quantitative estimate of drug-likeness (QED) is 0.548. The van der Waals surface area contributed by atoms with Crippen molar-refractivity contribution < 1.29 is 5.11 Å². The van der Waals surface area contributed by atoms with Gasteiger partial charge in [-0.05, 0) is 38.5 Å². The van der Waals surface area contributed by atoms with Crippen molar-refractivity contribution in [2.45, 2.75) is 51.5 Å². The van der Waals surface area contributed by atoms with Crippen LogP contribution in [0.15, 0.2) is 0 Å². The van der Waals surface area contributed by atoms with E-state index >= 15 is 0 Å². The van der Waals surface area contributed by atoms with Gasteiger partial charge in [-0.15, -0.1) is 11.8 Å². The van der Waals surface area contributed by atoms with E-state index < -0.39 is 0 Å². The Balaban J connectivity index is 2.35. The molecule has 2 nitrogen and oxygen atoms in total. The highest BCUT2D eigenvalue weighted by atomic mass is 16.3. The van der Waals surface area contributed by atoms with Gasteiger partial charge in [0, 0.05) is 18.5 Å². The minimum atomic E-state index is -0.0120. The lowest BCUT2D eigenvalue weighted by Gasteiger charge is -2.38. The van der Waals surface area contributed by atoms with Crippen molar-refractivity contribution in [3.63, 3.8) is 0 Å². The standard InChI is InChI=1S/C13H23NO/c1-3-4-5-10-14-13(11-15)8-6-12(2)7-9-13/h12,14-15H,5-11H2,1-2H3. The molecule has 1 fully saturated rings. The van der Waals surface area contributed by atoms with E-state index in [1.165, 1.54) is 12.8 Å². The fourth-order valence-corrected chi connectivity index (χ4v) is 2.22. The van der Waals surface area contributed by atoms with E-state index in [1.54, 1.807) is 0 Å². The van der Waals surface area contributed by atoms with Gasteiger partial charge in [0.2, 0.25) is 0 Å². The fraction of sp³-hybridized carbons (Fsp3) is 0.846. The Morgan fingerprint density at radius 1 is 1.40 bits per heavy atom. The maximum Gasteiger partial charge on any atom is 0.0613 e. The topological polar surface area (TPSA) is 32.3 Å². The maximum absolute atomic E-state index is 9.49. The van der Waals surface area contributed by atoms with Crippen LogP contribution in [-0.4, -0.2) is 23.8 Å². The van der Waals surface area contributed by atoms with Crippen molar-refractivity contribution in [3.05, 3.63) is 0 Å². The molecule has 0 aromatic carbocycles. The number of aliphatic hydroxyl groups excluding tert-OH is 1. The van der Waals surface area contributed by atoms with Gasteiger partial charge in [-0.2, -0.15) is 0 Å². The summed E-state index contributed by atoms with van der Waals surface area (Å²) in [4.78, 5) is 0. The molecule has 1 aliphatic carbocycles. The molecule has 0 saturated heterocycles. The first-order valence-corrected chi connectivity index (χ1v) is 5.98. The average Bonchev–Trinajstić information content (AvgIpc) is 2.28. The van der Waals surface area contributed by atoms with E-state index in [9.17, 15) is 5.11 Å². The Bertz CT molecular complexity index is 231. The SMILES string of the molecule is CC#CCCNC1(CO)CCC(C)CC1. The van der Waals surface area contributed by atoms with Crippen LogP contribution in [0.1, 0.15) is 46.0 Å². The van der Waals surface area contributed by atoms with Gasteiger partial charge in [0.1, 0.15) is 0 Å². The molecule has 0 heterocycles. The van der Waals surface area contributed by atoms with Crippen LogP contribution >= 0.6 is 0 Å². The van der Waals surface area contributed by atoms with Gasteiger partial charge in [0.05, 0.1) is 6.61 Å². The second kappa shape index (κ2) is 6.15. The van der Waals surface area contributed by atoms with Crippen LogP contribution in [0.2, 0.25) is 0 Å². The normalized spacial score (nSPS) is 30.7. The fourth-order valence-electron chi connectivity index (χ4n) is 2.22. The van der Waals surface area contributed by atoms with Gasteiger partial charge in [-0.1, -0.05) is 6.92 Å². The summed E-state index contributed by atoms with van der Waals surface area (Å²) in [5, 5.41) is 13.0. The second-order valence-corrected chi connectivity index (χ2v) is 4.72. The van der Waals surface area contributed by atoms with Crippen molar-refractivity contribution in [2.24, 2.45) is 5.92 Å². The summed E-state index contributed by atoms with van der Waals surface area (Å²) < 4.78 is 0. The summed E-state index contributed by atoms with van der Waals surface area (Å²) in [7, 11) is 0. The van der Waals surface area contributed by atoms with Crippen LogP contribution in [0.5, 0.6) is 0 Å². The van der Waals surface area contributed by atoms with Crippen LogP contribution in [0, 0.1) is 17.8 Å². The highest BCUT2D eigenvalue weighted by Crippen LogP contribution is 2.31. The molecule has 0 aromatic rings. The number of nitrogens with one attached hydrogen (secondary N) is 1. The molecule has 2 N–H and O–H groups in total. The molecule has 0 amide bonds. The lowest BCUT2D eigenvalue weighted by Crippen LogP contribution is -2.51. The van der Waals surface area contributed by atoms with E-state index in [-0.39, 0.29) is 12.1 Å². The lowest BCUT2D eigenvalue weighted by molar-refractivity contribution is 0.107. The summed E-state index contributed by atoms with van der Waals surface area (Å²) >= 11 is 0. The van der Waals surface area contributed by atoms with Crippen LogP contribution in [-0.2, 0) is 0 Å².